The third-order valence-corrected chi connectivity index (χ3v) is 3.38. The van der Waals surface area contributed by atoms with Crippen LogP contribution in [0.15, 0.2) is 24.3 Å². The van der Waals surface area contributed by atoms with Gasteiger partial charge in [0.15, 0.2) is 0 Å². The molecule has 104 valence electrons. The van der Waals surface area contributed by atoms with Crippen molar-refractivity contribution in [2.75, 3.05) is 7.05 Å². The Morgan fingerprint density at radius 2 is 2.00 bits per heavy atom. The Morgan fingerprint density at radius 1 is 1.37 bits per heavy atom. The van der Waals surface area contributed by atoms with Crippen LogP contribution in [0.25, 0.3) is 0 Å². The average molecular weight is 283 g/mol. The molecule has 0 saturated carbocycles. The second-order valence-electron chi connectivity index (χ2n) is 4.26. The maximum Gasteiger partial charge on any atom is 0.242 e. The molecule has 4 nitrogen and oxygen atoms in total. The third kappa shape index (κ3) is 3.96. The lowest BCUT2D eigenvalue weighted by molar-refractivity contribution is -0.140. The highest BCUT2D eigenvalue weighted by molar-refractivity contribution is 6.31. The van der Waals surface area contributed by atoms with Crippen LogP contribution in [0.1, 0.15) is 25.8 Å². The summed E-state index contributed by atoms with van der Waals surface area (Å²) < 4.78 is 0. The summed E-state index contributed by atoms with van der Waals surface area (Å²) in [6, 6.07) is 6.80. The van der Waals surface area contributed by atoms with Gasteiger partial charge in [0.2, 0.25) is 11.8 Å². The fourth-order valence-corrected chi connectivity index (χ4v) is 2.00. The Balaban J connectivity index is 2.96. The summed E-state index contributed by atoms with van der Waals surface area (Å²) in [6.07, 6.45) is 0.353. The van der Waals surface area contributed by atoms with Crippen LogP contribution < -0.4 is 5.32 Å². The minimum atomic E-state index is -0.520. The van der Waals surface area contributed by atoms with E-state index in [0.29, 0.717) is 18.0 Å². The zero-order valence-corrected chi connectivity index (χ0v) is 12.2. The lowest BCUT2D eigenvalue weighted by Gasteiger charge is -2.28. The molecule has 0 radical (unpaired) electrons. The van der Waals surface area contributed by atoms with Gasteiger partial charge in [0, 0.05) is 25.0 Å². The number of nitrogens with zero attached hydrogens (tertiary/aromatic N) is 1. The fourth-order valence-electron chi connectivity index (χ4n) is 1.80. The van der Waals surface area contributed by atoms with Crippen LogP contribution in [0.5, 0.6) is 0 Å². The van der Waals surface area contributed by atoms with Crippen molar-refractivity contribution in [1.29, 1.82) is 0 Å². The highest BCUT2D eigenvalue weighted by Gasteiger charge is 2.24. The molecule has 1 N–H and O–H groups in total. The quantitative estimate of drug-likeness (QED) is 0.900. The van der Waals surface area contributed by atoms with Gasteiger partial charge < -0.3 is 10.2 Å². The number of halogens is 1. The molecule has 1 aromatic rings. The van der Waals surface area contributed by atoms with Crippen LogP contribution >= 0.6 is 11.6 Å². The van der Waals surface area contributed by atoms with Gasteiger partial charge in [-0.1, -0.05) is 36.7 Å². The lowest BCUT2D eigenvalue weighted by atomic mass is 10.1. The van der Waals surface area contributed by atoms with Crippen molar-refractivity contribution in [2.24, 2.45) is 0 Å². The van der Waals surface area contributed by atoms with Crippen molar-refractivity contribution >= 4 is 23.4 Å². The smallest absolute Gasteiger partial charge is 0.242 e. The molecule has 0 bridgehead atoms. The van der Waals surface area contributed by atoms with Crippen molar-refractivity contribution in [2.45, 2.75) is 32.9 Å². The standard InChI is InChI=1S/C14H19ClN2O2/c1-4-13(18)17(10(2)14(19)16-3)9-11-7-5-6-8-12(11)15/h5-8,10H,4,9H2,1-3H3,(H,16,19)/t10-/m1/s1. The molecule has 1 atom stereocenters. The molecule has 0 unspecified atom stereocenters. The molecule has 0 aliphatic carbocycles. The molecule has 0 aliphatic rings. The monoisotopic (exact) mass is 282 g/mol. The molecule has 0 aliphatic heterocycles. The largest absolute Gasteiger partial charge is 0.357 e. The predicted molar refractivity (Wildman–Crippen MR) is 75.8 cm³/mol. The summed E-state index contributed by atoms with van der Waals surface area (Å²) in [7, 11) is 1.56. The Morgan fingerprint density at radius 3 is 2.53 bits per heavy atom. The van der Waals surface area contributed by atoms with E-state index in [9.17, 15) is 9.59 Å². The van der Waals surface area contributed by atoms with Crippen LogP contribution in [0.3, 0.4) is 0 Å². The van der Waals surface area contributed by atoms with Gasteiger partial charge in [-0.3, -0.25) is 9.59 Å². The van der Waals surface area contributed by atoms with Crippen molar-refractivity contribution in [3.63, 3.8) is 0 Å². The molecule has 0 spiro atoms. The summed E-state index contributed by atoms with van der Waals surface area (Å²) in [6.45, 7) is 3.82. The van der Waals surface area contributed by atoms with E-state index in [1.807, 2.05) is 18.2 Å². The summed E-state index contributed by atoms with van der Waals surface area (Å²) >= 11 is 6.10. The van der Waals surface area contributed by atoms with Gasteiger partial charge in [-0.2, -0.15) is 0 Å². The summed E-state index contributed by atoms with van der Waals surface area (Å²) in [5.74, 6) is -0.259. The number of benzene rings is 1. The van der Waals surface area contributed by atoms with Gasteiger partial charge in [0.05, 0.1) is 0 Å². The number of hydrogen-bond donors (Lipinski definition) is 1. The average Bonchev–Trinajstić information content (AvgIpc) is 2.44. The Labute approximate surface area is 118 Å². The highest BCUT2D eigenvalue weighted by Crippen LogP contribution is 2.19. The Kier molecular flexibility index (Phi) is 5.83. The van der Waals surface area contributed by atoms with Gasteiger partial charge in [0.1, 0.15) is 6.04 Å². The molecule has 19 heavy (non-hydrogen) atoms. The van der Waals surface area contributed by atoms with Crippen molar-refractivity contribution in [3.8, 4) is 0 Å². The van der Waals surface area contributed by atoms with Crippen LogP contribution in [-0.2, 0) is 16.1 Å². The third-order valence-electron chi connectivity index (χ3n) is 3.01. The Hall–Kier alpha value is -1.55. The zero-order valence-electron chi connectivity index (χ0n) is 11.4. The lowest BCUT2D eigenvalue weighted by Crippen LogP contribution is -2.46. The van der Waals surface area contributed by atoms with Crippen molar-refractivity contribution in [1.82, 2.24) is 10.2 Å². The van der Waals surface area contributed by atoms with Crippen LogP contribution in [0.2, 0.25) is 5.02 Å². The maximum absolute atomic E-state index is 12.0. The van der Waals surface area contributed by atoms with Gasteiger partial charge in [-0.25, -0.2) is 0 Å². The van der Waals surface area contributed by atoms with E-state index < -0.39 is 6.04 Å². The van der Waals surface area contributed by atoms with Gasteiger partial charge in [0.25, 0.3) is 0 Å². The number of carbonyl (C=O) groups is 2. The second-order valence-corrected chi connectivity index (χ2v) is 4.66. The van der Waals surface area contributed by atoms with E-state index in [1.165, 1.54) is 0 Å². The molecule has 0 fully saturated rings. The van der Waals surface area contributed by atoms with Crippen LogP contribution in [0.4, 0.5) is 0 Å². The van der Waals surface area contributed by atoms with Crippen LogP contribution in [-0.4, -0.2) is 29.8 Å². The van der Waals surface area contributed by atoms with Gasteiger partial charge in [-0.05, 0) is 18.6 Å². The number of likely N-dealkylation sites (N-methyl/N-ethyl adjacent to an activating group) is 1. The topological polar surface area (TPSA) is 49.4 Å². The minimum Gasteiger partial charge on any atom is -0.357 e. The van der Waals surface area contributed by atoms with E-state index in [0.717, 1.165) is 5.56 Å². The molecule has 0 aromatic heterocycles. The number of nitrogens with one attached hydrogen (secondary N) is 1. The van der Waals surface area contributed by atoms with E-state index >= 15 is 0 Å². The summed E-state index contributed by atoms with van der Waals surface area (Å²) in [4.78, 5) is 25.2. The first-order valence-electron chi connectivity index (χ1n) is 6.25. The number of hydrogen-bond acceptors (Lipinski definition) is 2. The van der Waals surface area contributed by atoms with Gasteiger partial charge in [-0.15, -0.1) is 0 Å². The minimum absolute atomic E-state index is 0.0731. The number of carbonyl (C=O) groups excluding carboxylic acids is 2. The first kappa shape index (κ1) is 15.5. The maximum atomic E-state index is 12.0. The Bertz CT molecular complexity index is 463. The molecular formula is C14H19ClN2O2. The second kappa shape index (κ2) is 7.14. The SMILES string of the molecule is CCC(=O)N(Cc1ccccc1Cl)[C@H](C)C(=O)NC. The molecule has 1 rings (SSSR count). The first-order valence-corrected chi connectivity index (χ1v) is 6.63. The first-order chi connectivity index (χ1) is 9.01. The van der Waals surface area contributed by atoms with Crippen LogP contribution in [0, 0.1) is 0 Å². The van der Waals surface area contributed by atoms with Crippen molar-refractivity contribution in [3.05, 3.63) is 34.9 Å². The number of amides is 2. The van der Waals surface area contributed by atoms with Gasteiger partial charge >= 0.3 is 0 Å². The van der Waals surface area contributed by atoms with E-state index in [2.05, 4.69) is 5.32 Å². The van der Waals surface area contributed by atoms with E-state index in [1.54, 1.807) is 31.9 Å². The van der Waals surface area contributed by atoms with E-state index in [-0.39, 0.29) is 11.8 Å². The molecule has 0 heterocycles. The predicted octanol–water partition coefficient (Wildman–Crippen LogP) is 2.21. The van der Waals surface area contributed by atoms with E-state index in [4.69, 9.17) is 11.6 Å². The zero-order chi connectivity index (χ0) is 14.4. The van der Waals surface area contributed by atoms with Crippen molar-refractivity contribution < 1.29 is 9.59 Å². The molecular weight excluding hydrogens is 264 g/mol. The molecule has 0 saturated heterocycles. The summed E-state index contributed by atoms with van der Waals surface area (Å²) in [5.41, 5.74) is 0.835. The number of rotatable bonds is 5. The highest BCUT2D eigenvalue weighted by atomic mass is 35.5. The molecule has 1 aromatic carbocycles. The molecule has 5 heteroatoms. The summed E-state index contributed by atoms with van der Waals surface area (Å²) in [5, 5.41) is 3.16. The fraction of sp³-hybridized carbons (Fsp3) is 0.429. The normalized spacial score (nSPS) is 11.8. The molecule has 2 amide bonds.